The zero-order valence-corrected chi connectivity index (χ0v) is 10.9. The van der Waals surface area contributed by atoms with E-state index >= 15 is 0 Å². The zero-order chi connectivity index (χ0) is 10.6. The maximum absolute atomic E-state index is 5.94. The molecule has 1 aromatic carbocycles. The molecule has 0 amide bonds. The standard InChI is InChI=1S/C10H6BrCl3/c11-4-2-1-3-7-5-8(12)6-9(13)10(7)14/h5-6H,2,4H2. The van der Waals surface area contributed by atoms with Gasteiger partial charge in [-0.1, -0.05) is 62.6 Å². The molecule has 14 heavy (non-hydrogen) atoms. The molecule has 0 bridgehead atoms. The molecule has 1 aromatic rings. The second-order valence-corrected chi connectivity index (χ2v) is 4.50. The van der Waals surface area contributed by atoms with Gasteiger partial charge in [-0.2, -0.15) is 0 Å². The third kappa shape index (κ3) is 3.37. The van der Waals surface area contributed by atoms with Gasteiger partial charge in [0.05, 0.1) is 10.0 Å². The van der Waals surface area contributed by atoms with Crippen molar-refractivity contribution in [3.05, 3.63) is 32.8 Å². The molecule has 0 spiro atoms. The second-order valence-electron chi connectivity index (χ2n) is 2.49. The van der Waals surface area contributed by atoms with Crippen molar-refractivity contribution < 1.29 is 0 Å². The molecule has 0 unspecified atom stereocenters. The van der Waals surface area contributed by atoms with Crippen molar-refractivity contribution in [2.75, 3.05) is 5.33 Å². The van der Waals surface area contributed by atoms with Crippen LogP contribution in [0.1, 0.15) is 12.0 Å². The average molecular weight is 312 g/mol. The highest BCUT2D eigenvalue weighted by Gasteiger charge is 2.04. The van der Waals surface area contributed by atoms with Gasteiger partial charge in [0.25, 0.3) is 0 Å². The Bertz CT molecular complexity index is 390. The lowest BCUT2D eigenvalue weighted by atomic mass is 10.2. The number of benzene rings is 1. The largest absolute Gasteiger partial charge is 0.0970 e. The van der Waals surface area contributed by atoms with Crippen LogP contribution in [0.25, 0.3) is 0 Å². The van der Waals surface area contributed by atoms with Crippen LogP contribution in [0.4, 0.5) is 0 Å². The Morgan fingerprint density at radius 3 is 2.57 bits per heavy atom. The van der Waals surface area contributed by atoms with Crippen LogP contribution in [-0.2, 0) is 0 Å². The Kier molecular flexibility index (Phi) is 5.12. The summed E-state index contributed by atoms with van der Waals surface area (Å²) in [6.07, 6.45) is 0.764. The van der Waals surface area contributed by atoms with Gasteiger partial charge in [-0.3, -0.25) is 0 Å². The summed E-state index contributed by atoms with van der Waals surface area (Å²) in [7, 11) is 0. The molecule has 0 atom stereocenters. The van der Waals surface area contributed by atoms with E-state index in [-0.39, 0.29) is 0 Å². The van der Waals surface area contributed by atoms with E-state index in [1.165, 1.54) is 0 Å². The molecule has 0 aliphatic carbocycles. The molecule has 0 aromatic heterocycles. The fourth-order valence-corrected chi connectivity index (χ4v) is 1.70. The van der Waals surface area contributed by atoms with E-state index in [1.807, 2.05) is 0 Å². The van der Waals surface area contributed by atoms with Gasteiger partial charge < -0.3 is 0 Å². The van der Waals surface area contributed by atoms with Crippen molar-refractivity contribution in [3.8, 4) is 11.8 Å². The summed E-state index contributed by atoms with van der Waals surface area (Å²) in [6.45, 7) is 0. The lowest BCUT2D eigenvalue weighted by molar-refractivity contribution is 1.32. The van der Waals surface area contributed by atoms with Crippen molar-refractivity contribution >= 4 is 50.7 Å². The highest BCUT2D eigenvalue weighted by molar-refractivity contribution is 9.09. The summed E-state index contributed by atoms with van der Waals surface area (Å²) in [5, 5.41) is 2.27. The monoisotopic (exact) mass is 310 g/mol. The number of halogens is 4. The Morgan fingerprint density at radius 1 is 1.21 bits per heavy atom. The van der Waals surface area contributed by atoms with Crippen molar-refractivity contribution in [2.45, 2.75) is 6.42 Å². The van der Waals surface area contributed by atoms with E-state index in [0.717, 1.165) is 11.8 Å². The highest BCUT2D eigenvalue weighted by Crippen LogP contribution is 2.29. The molecule has 0 saturated heterocycles. The van der Waals surface area contributed by atoms with Gasteiger partial charge in [-0.25, -0.2) is 0 Å². The molecule has 4 heteroatoms. The first-order valence-electron chi connectivity index (χ1n) is 3.84. The molecule has 74 valence electrons. The van der Waals surface area contributed by atoms with E-state index in [0.29, 0.717) is 20.6 Å². The molecule has 0 radical (unpaired) electrons. The van der Waals surface area contributed by atoms with Crippen LogP contribution in [0, 0.1) is 11.8 Å². The highest BCUT2D eigenvalue weighted by atomic mass is 79.9. The van der Waals surface area contributed by atoms with Crippen LogP contribution in [0.5, 0.6) is 0 Å². The van der Waals surface area contributed by atoms with E-state index < -0.39 is 0 Å². The van der Waals surface area contributed by atoms with Crippen LogP contribution < -0.4 is 0 Å². The van der Waals surface area contributed by atoms with Crippen molar-refractivity contribution in [1.29, 1.82) is 0 Å². The van der Waals surface area contributed by atoms with Gasteiger partial charge in [0.15, 0.2) is 0 Å². The summed E-state index contributed by atoms with van der Waals surface area (Å²) in [5.74, 6) is 5.86. The molecule has 0 aliphatic heterocycles. The second kappa shape index (κ2) is 5.88. The molecule has 0 aliphatic rings. The van der Waals surface area contributed by atoms with Crippen LogP contribution in [0.15, 0.2) is 12.1 Å². The summed E-state index contributed by atoms with van der Waals surface area (Å²) >= 11 is 20.9. The molecular weight excluding hydrogens is 306 g/mol. The van der Waals surface area contributed by atoms with Gasteiger partial charge in [0.2, 0.25) is 0 Å². The first-order chi connectivity index (χ1) is 6.65. The lowest BCUT2D eigenvalue weighted by Crippen LogP contribution is -1.79. The van der Waals surface area contributed by atoms with Crippen molar-refractivity contribution in [3.63, 3.8) is 0 Å². The normalized spacial score (nSPS) is 9.43. The SMILES string of the molecule is Clc1cc(Cl)c(Cl)c(C#CCCBr)c1. The first kappa shape index (κ1) is 12.2. The Hall–Kier alpha value is 0.130. The average Bonchev–Trinajstić information content (AvgIpc) is 2.13. The predicted octanol–water partition coefficient (Wildman–Crippen LogP) is 4.78. The van der Waals surface area contributed by atoms with Crippen molar-refractivity contribution in [2.24, 2.45) is 0 Å². The van der Waals surface area contributed by atoms with Gasteiger partial charge in [0, 0.05) is 22.3 Å². The molecule has 0 N–H and O–H groups in total. The Labute approximate surface area is 107 Å². The molecule has 0 nitrogen and oxygen atoms in total. The van der Waals surface area contributed by atoms with E-state index in [9.17, 15) is 0 Å². The summed E-state index contributed by atoms with van der Waals surface area (Å²) in [5.41, 5.74) is 0.671. The fraction of sp³-hybridized carbons (Fsp3) is 0.200. The van der Waals surface area contributed by atoms with Gasteiger partial charge in [-0.15, -0.1) is 0 Å². The topological polar surface area (TPSA) is 0 Å². The number of rotatable bonds is 1. The third-order valence-corrected chi connectivity index (χ3v) is 2.85. The van der Waals surface area contributed by atoms with E-state index in [1.54, 1.807) is 12.1 Å². The number of hydrogen-bond acceptors (Lipinski definition) is 0. The van der Waals surface area contributed by atoms with Crippen LogP contribution >= 0.6 is 50.7 Å². The van der Waals surface area contributed by atoms with E-state index in [2.05, 4.69) is 27.8 Å². The molecule has 0 heterocycles. The third-order valence-electron chi connectivity index (χ3n) is 1.44. The Morgan fingerprint density at radius 2 is 1.93 bits per heavy atom. The first-order valence-corrected chi connectivity index (χ1v) is 6.10. The summed E-state index contributed by atoms with van der Waals surface area (Å²) < 4.78 is 0. The van der Waals surface area contributed by atoms with Crippen LogP contribution in [0.2, 0.25) is 15.1 Å². The maximum atomic E-state index is 5.94. The van der Waals surface area contributed by atoms with Gasteiger partial charge in [0.1, 0.15) is 0 Å². The molecule has 1 rings (SSSR count). The maximum Gasteiger partial charge on any atom is 0.0749 e. The minimum Gasteiger partial charge on any atom is -0.0970 e. The quantitative estimate of drug-likeness (QED) is 0.397. The van der Waals surface area contributed by atoms with Crippen LogP contribution in [-0.4, -0.2) is 5.33 Å². The zero-order valence-electron chi connectivity index (χ0n) is 7.08. The van der Waals surface area contributed by atoms with Crippen LogP contribution in [0.3, 0.4) is 0 Å². The fourth-order valence-electron chi connectivity index (χ4n) is 0.852. The Balaban J connectivity index is 3.04. The summed E-state index contributed by atoms with van der Waals surface area (Å²) in [6, 6.07) is 3.30. The smallest absolute Gasteiger partial charge is 0.0749 e. The van der Waals surface area contributed by atoms with Crippen molar-refractivity contribution in [1.82, 2.24) is 0 Å². The number of alkyl halides is 1. The number of hydrogen-bond donors (Lipinski definition) is 0. The predicted molar refractivity (Wildman–Crippen MR) is 66.8 cm³/mol. The minimum absolute atomic E-state index is 0.433. The molecule has 0 fully saturated rings. The molecule has 0 saturated carbocycles. The van der Waals surface area contributed by atoms with Gasteiger partial charge >= 0.3 is 0 Å². The minimum atomic E-state index is 0.433. The summed E-state index contributed by atoms with van der Waals surface area (Å²) in [4.78, 5) is 0. The van der Waals surface area contributed by atoms with Gasteiger partial charge in [-0.05, 0) is 12.1 Å². The lowest BCUT2D eigenvalue weighted by Gasteiger charge is -1.99. The molecular formula is C10H6BrCl3. The van der Waals surface area contributed by atoms with E-state index in [4.69, 9.17) is 34.8 Å².